The summed E-state index contributed by atoms with van der Waals surface area (Å²) in [6.07, 6.45) is 3.28. The molecule has 0 unspecified atom stereocenters. The summed E-state index contributed by atoms with van der Waals surface area (Å²) in [7, 11) is 0. The quantitative estimate of drug-likeness (QED) is 0.904. The minimum absolute atomic E-state index is 0.143. The van der Waals surface area contributed by atoms with E-state index in [2.05, 4.69) is 45.6 Å². The van der Waals surface area contributed by atoms with Crippen LogP contribution < -0.4 is 4.90 Å². The van der Waals surface area contributed by atoms with Crippen LogP contribution in [0.2, 0.25) is 0 Å². The molecule has 0 bridgehead atoms. The standard InChI is InChI=1S/C18H25NO2/c1-17(2,3)12-18(4,5)19-11-14(16(20)21)10-13-8-6-7-9-15(13)19/h6-9,11H,10,12H2,1-5H3,(H,20,21). The summed E-state index contributed by atoms with van der Waals surface area (Å²) in [6, 6.07) is 8.08. The predicted molar refractivity (Wildman–Crippen MR) is 86.5 cm³/mol. The summed E-state index contributed by atoms with van der Waals surface area (Å²) in [6.45, 7) is 11.0. The number of rotatable bonds is 3. The van der Waals surface area contributed by atoms with Crippen LogP contribution in [-0.4, -0.2) is 16.6 Å². The largest absolute Gasteiger partial charge is 0.478 e. The van der Waals surface area contributed by atoms with Crippen molar-refractivity contribution in [3.63, 3.8) is 0 Å². The highest BCUT2D eigenvalue weighted by Crippen LogP contribution is 2.39. The highest BCUT2D eigenvalue weighted by Gasteiger charge is 2.34. The van der Waals surface area contributed by atoms with Gasteiger partial charge in [-0.3, -0.25) is 0 Å². The van der Waals surface area contributed by atoms with Gasteiger partial charge in [0.25, 0.3) is 0 Å². The van der Waals surface area contributed by atoms with Crippen LogP contribution in [0.3, 0.4) is 0 Å². The number of hydrogen-bond donors (Lipinski definition) is 1. The Bertz CT molecular complexity index is 579. The Morgan fingerprint density at radius 1 is 1.19 bits per heavy atom. The van der Waals surface area contributed by atoms with Gasteiger partial charge in [-0.15, -0.1) is 0 Å². The van der Waals surface area contributed by atoms with E-state index in [1.807, 2.05) is 24.4 Å². The lowest BCUT2D eigenvalue weighted by Gasteiger charge is -2.44. The lowest BCUT2D eigenvalue weighted by molar-refractivity contribution is -0.132. The lowest BCUT2D eigenvalue weighted by atomic mass is 9.80. The number of carboxylic acid groups (broad SMARTS) is 1. The highest BCUT2D eigenvalue weighted by molar-refractivity contribution is 5.89. The van der Waals surface area contributed by atoms with E-state index in [0.717, 1.165) is 17.7 Å². The minimum atomic E-state index is -0.832. The van der Waals surface area contributed by atoms with E-state index >= 15 is 0 Å². The second kappa shape index (κ2) is 5.21. The van der Waals surface area contributed by atoms with Crippen LogP contribution in [0.5, 0.6) is 0 Å². The van der Waals surface area contributed by atoms with Crippen molar-refractivity contribution in [1.29, 1.82) is 0 Å². The fourth-order valence-corrected chi connectivity index (χ4v) is 3.39. The Hall–Kier alpha value is -1.77. The zero-order valence-corrected chi connectivity index (χ0v) is 13.6. The number of nitrogens with zero attached hydrogens (tertiary/aromatic N) is 1. The Balaban J connectivity index is 2.47. The fourth-order valence-electron chi connectivity index (χ4n) is 3.39. The molecule has 0 aliphatic carbocycles. The number of hydrogen-bond acceptors (Lipinski definition) is 2. The van der Waals surface area contributed by atoms with Crippen molar-refractivity contribution in [3.8, 4) is 0 Å². The average Bonchev–Trinajstić information content (AvgIpc) is 2.34. The number of fused-ring (bicyclic) bond motifs is 1. The molecule has 3 nitrogen and oxygen atoms in total. The van der Waals surface area contributed by atoms with Crippen LogP contribution in [0, 0.1) is 5.41 Å². The van der Waals surface area contributed by atoms with E-state index in [-0.39, 0.29) is 11.0 Å². The minimum Gasteiger partial charge on any atom is -0.478 e. The third-order valence-corrected chi connectivity index (χ3v) is 3.81. The van der Waals surface area contributed by atoms with Crippen LogP contribution in [0.4, 0.5) is 5.69 Å². The third kappa shape index (κ3) is 3.46. The van der Waals surface area contributed by atoms with Gasteiger partial charge in [-0.05, 0) is 37.3 Å². The van der Waals surface area contributed by atoms with Crippen LogP contribution in [0.1, 0.15) is 46.6 Å². The Morgan fingerprint density at radius 3 is 2.38 bits per heavy atom. The summed E-state index contributed by atoms with van der Waals surface area (Å²) in [5.41, 5.74) is 2.69. The molecule has 1 aliphatic heterocycles. The molecule has 1 aromatic rings. The molecule has 1 aromatic carbocycles. The first-order valence-corrected chi connectivity index (χ1v) is 7.41. The van der Waals surface area contributed by atoms with Gasteiger partial charge >= 0.3 is 5.97 Å². The van der Waals surface area contributed by atoms with Crippen molar-refractivity contribution < 1.29 is 9.90 Å². The number of anilines is 1. The second-order valence-corrected chi connectivity index (χ2v) is 7.68. The summed E-state index contributed by atoms with van der Waals surface area (Å²) in [5, 5.41) is 9.38. The van der Waals surface area contributed by atoms with Gasteiger partial charge in [-0.25, -0.2) is 4.79 Å². The van der Waals surface area contributed by atoms with Crippen LogP contribution >= 0.6 is 0 Å². The number of carbonyl (C=O) groups is 1. The van der Waals surface area contributed by atoms with Gasteiger partial charge < -0.3 is 10.0 Å². The maximum Gasteiger partial charge on any atom is 0.333 e. The molecule has 1 aliphatic rings. The molecule has 0 spiro atoms. The molecule has 0 saturated heterocycles. The van der Waals surface area contributed by atoms with E-state index in [9.17, 15) is 9.90 Å². The molecule has 0 aromatic heterocycles. The number of benzene rings is 1. The third-order valence-electron chi connectivity index (χ3n) is 3.81. The maximum atomic E-state index is 11.4. The molecule has 0 radical (unpaired) electrons. The Labute approximate surface area is 127 Å². The first-order valence-electron chi connectivity index (χ1n) is 7.41. The van der Waals surface area contributed by atoms with Gasteiger partial charge in [0, 0.05) is 23.8 Å². The molecule has 0 atom stereocenters. The molecule has 0 fully saturated rings. The molecule has 3 heteroatoms. The molecule has 21 heavy (non-hydrogen) atoms. The van der Waals surface area contributed by atoms with Gasteiger partial charge in [0.15, 0.2) is 0 Å². The zero-order valence-electron chi connectivity index (χ0n) is 13.6. The number of aliphatic carboxylic acids is 1. The van der Waals surface area contributed by atoms with Gasteiger partial charge in [0.1, 0.15) is 0 Å². The smallest absolute Gasteiger partial charge is 0.333 e. The molecular weight excluding hydrogens is 262 g/mol. The topological polar surface area (TPSA) is 40.5 Å². The number of carboxylic acids is 1. The average molecular weight is 287 g/mol. The SMILES string of the molecule is CC(C)(C)CC(C)(C)N1C=C(C(=O)O)Cc2ccccc21. The van der Waals surface area contributed by atoms with Crippen molar-refractivity contribution in [2.45, 2.75) is 53.0 Å². The summed E-state index contributed by atoms with van der Waals surface area (Å²) in [5.74, 6) is -0.832. The van der Waals surface area contributed by atoms with Gasteiger partial charge in [0.05, 0.1) is 5.57 Å². The van der Waals surface area contributed by atoms with E-state index < -0.39 is 5.97 Å². The van der Waals surface area contributed by atoms with Crippen molar-refractivity contribution in [1.82, 2.24) is 0 Å². The summed E-state index contributed by atoms with van der Waals surface area (Å²) < 4.78 is 0. The highest BCUT2D eigenvalue weighted by atomic mass is 16.4. The molecule has 1 N–H and O–H groups in total. The second-order valence-electron chi connectivity index (χ2n) is 7.68. The first kappa shape index (κ1) is 15.6. The Morgan fingerprint density at radius 2 is 1.81 bits per heavy atom. The molecule has 0 saturated carbocycles. The molecule has 2 rings (SSSR count). The number of para-hydroxylation sites is 1. The monoisotopic (exact) mass is 287 g/mol. The van der Waals surface area contributed by atoms with Crippen LogP contribution in [0.25, 0.3) is 0 Å². The predicted octanol–water partition coefficient (Wildman–Crippen LogP) is 4.23. The molecular formula is C18H25NO2. The van der Waals surface area contributed by atoms with E-state index in [1.165, 1.54) is 0 Å². The van der Waals surface area contributed by atoms with Crippen LogP contribution in [-0.2, 0) is 11.2 Å². The van der Waals surface area contributed by atoms with Crippen LogP contribution in [0.15, 0.2) is 36.0 Å². The van der Waals surface area contributed by atoms with Crippen molar-refractivity contribution in [2.75, 3.05) is 4.90 Å². The molecule has 0 amide bonds. The van der Waals surface area contributed by atoms with Gasteiger partial charge in [-0.2, -0.15) is 0 Å². The zero-order chi connectivity index (χ0) is 15.8. The van der Waals surface area contributed by atoms with E-state index in [4.69, 9.17) is 0 Å². The fraction of sp³-hybridized carbons (Fsp3) is 0.500. The lowest BCUT2D eigenvalue weighted by Crippen LogP contribution is -2.45. The normalized spacial score (nSPS) is 15.5. The van der Waals surface area contributed by atoms with Gasteiger partial charge in [0.2, 0.25) is 0 Å². The molecule has 1 heterocycles. The molecule has 114 valence electrons. The van der Waals surface area contributed by atoms with Crippen molar-refractivity contribution in [2.24, 2.45) is 5.41 Å². The van der Waals surface area contributed by atoms with Crippen molar-refractivity contribution in [3.05, 3.63) is 41.6 Å². The summed E-state index contributed by atoms with van der Waals surface area (Å²) >= 11 is 0. The van der Waals surface area contributed by atoms with Gasteiger partial charge in [-0.1, -0.05) is 39.0 Å². The van der Waals surface area contributed by atoms with E-state index in [0.29, 0.717) is 12.0 Å². The summed E-state index contributed by atoms with van der Waals surface area (Å²) in [4.78, 5) is 13.6. The van der Waals surface area contributed by atoms with E-state index in [1.54, 1.807) is 0 Å². The first-order chi connectivity index (χ1) is 9.60. The Kier molecular flexibility index (Phi) is 3.87. The maximum absolute atomic E-state index is 11.4. The van der Waals surface area contributed by atoms with Crippen molar-refractivity contribution >= 4 is 11.7 Å².